The maximum absolute atomic E-state index is 2.28. The monoisotopic (exact) mass is 188 g/mol. The zero-order valence-corrected chi connectivity index (χ0v) is 9.29. The molecule has 0 fully saturated rings. The molecule has 0 unspecified atom stereocenters. The van der Waals surface area contributed by atoms with Gasteiger partial charge in [0.05, 0.1) is 0 Å². The van der Waals surface area contributed by atoms with E-state index < -0.39 is 0 Å². The van der Waals surface area contributed by atoms with Gasteiger partial charge in [-0.25, -0.2) is 0 Å². The summed E-state index contributed by atoms with van der Waals surface area (Å²) in [5.41, 5.74) is 2.75. The van der Waals surface area contributed by atoms with E-state index in [-0.39, 0.29) is 0 Å². The average Bonchev–Trinajstić information content (AvgIpc) is 2.25. The first kappa shape index (κ1) is 11.0. The van der Waals surface area contributed by atoms with Crippen LogP contribution in [-0.2, 0) is 6.42 Å². The maximum atomic E-state index is 2.28. The molecule has 1 aromatic carbocycles. The summed E-state index contributed by atoms with van der Waals surface area (Å²) >= 11 is 0. The Balaban J connectivity index is 2.53. The summed E-state index contributed by atoms with van der Waals surface area (Å²) in [5, 5.41) is 0. The minimum absolute atomic E-state index is 1.12. The minimum Gasteiger partial charge on any atom is -0.0839 e. The molecular formula is C14H20. The minimum atomic E-state index is 1.12. The van der Waals surface area contributed by atoms with Crippen molar-refractivity contribution in [3.05, 3.63) is 41.5 Å². The van der Waals surface area contributed by atoms with E-state index in [1.807, 2.05) is 0 Å². The summed E-state index contributed by atoms with van der Waals surface area (Å²) in [6.07, 6.45) is 9.40. The zero-order chi connectivity index (χ0) is 10.2. The second-order valence-corrected chi connectivity index (χ2v) is 3.64. The number of rotatable bonds is 5. The van der Waals surface area contributed by atoms with Crippen molar-refractivity contribution in [1.82, 2.24) is 0 Å². The second kappa shape index (κ2) is 6.42. The van der Waals surface area contributed by atoms with Crippen LogP contribution in [0, 0.1) is 0 Å². The lowest BCUT2D eigenvalue weighted by atomic mass is 10.1. The van der Waals surface area contributed by atoms with Crippen LogP contribution in [0.15, 0.2) is 30.3 Å². The van der Waals surface area contributed by atoms with Gasteiger partial charge in [0.2, 0.25) is 0 Å². The van der Waals surface area contributed by atoms with Crippen molar-refractivity contribution in [2.24, 2.45) is 0 Å². The van der Waals surface area contributed by atoms with Crippen molar-refractivity contribution in [2.45, 2.75) is 39.5 Å². The molecule has 0 amide bonds. The lowest BCUT2D eigenvalue weighted by molar-refractivity contribution is 0.816. The first-order valence-corrected chi connectivity index (χ1v) is 5.62. The van der Waals surface area contributed by atoms with E-state index in [0.717, 1.165) is 6.42 Å². The molecule has 0 N–H and O–H groups in total. The molecule has 76 valence electrons. The van der Waals surface area contributed by atoms with Crippen LogP contribution in [0.2, 0.25) is 0 Å². The van der Waals surface area contributed by atoms with E-state index in [9.17, 15) is 0 Å². The Labute approximate surface area is 87.7 Å². The Morgan fingerprint density at radius 2 is 2.07 bits per heavy atom. The topological polar surface area (TPSA) is 0 Å². The van der Waals surface area contributed by atoms with Gasteiger partial charge in [0.1, 0.15) is 0 Å². The molecule has 14 heavy (non-hydrogen) atoms. The Hall–Kier alpha value is -1.04. The van der Waals surface area contributed by atoms with Crippen LogP contribution in [0.1, 0.15) is 44.2 Å². The molecule has 0 radical (unpaired) electrons. The van der Waals surface area contributed by atoms with E-state index in [1.54, 1.807) is 0 Å². The molecule has 0 aromatic heterocycles. The van der Waals surface area contributed by atoms with E-state index in [0.29, 0.717) is 0 Å². The first-order chi connectivity index (χ1) is 6.86. The first-order valence-electron chi connectivity index (χ1n) is 5.62. The van der Waals surface area contributed by atoms with Crippen LogP contribution in [-0.4, -0.2) is 0 Å². The number of hydrogen-bond donors (Lipinski definition) is 0. The van der Waals surface area contributed by atoms with Crippen molar-refractivity contribution in [3.8, 4) is 0 Å². The molecule has 0 saturated carbocycles. The summed E-state index contributed by atoms with van der Waals surface area (Å²) in [6, 6.07) is 8.76. The normalized spacial score (nSPS) is 11.0. The number of benzene rings is 1. The smallest absolute Gasteiger partial charge is 0.0257 e. The van der Waals surface area contributed by atoms with Crippen LogP contribution < -0.4 is 0 Å². The number of hydrogen-bond acceptors (Lipinski definition) is 0. The van der Waals surface area contributed by atoms with Gasteiger partial charge in [-0.05, 0) is 24.0 Å². The molecule has 0 heterocycles. The Kier molecular flexibility index (Phi) is 5.06. The summed E-state index contributed by atoms with van der Waals surface area (Å²) in [7, 11) is 0. The molecule has 0 spiro atoms. The lowest BCUT2D eigenvalue weighted by Crippen LogP contribution is -1.80. The van der Waals surface area contributed by atoms with Gasteiger partial charge in [0.25, 0.3) is 0 Å². The van der Waals surface area contributed by atoms with Crippen molar-refractivity contribution in [2.75, 3.05) is 0 Å². The standard InChI is InChI=1S/C14H20/c1-3-5-6-7-9-14-11-8-10-13(4-2)12-14/h7-12H,3-6H2,1-2H3. The molecule has 0 atom stereocenters. The van der Waals surface area contributed by atoms with Gasteiger partial charge in [-0.3, -0.25) is 0 Å². The summed E-state index contributed by atoms with van der Waals surface area (Å²) in [6.45, 7) is 4.42. The molecule has 0 aliphatic rings. The molecule has 0 aliphatic heterocycles. The average molecular weight is 188 g/mol. The third-order valence-corrected chi connectivity index (χ3v) is 2.39. The van der Waals surface area contributed by atoms with E-state index in [1.165, 1.54) is 30.4 Å². The zero-order valence-electron chi connectivity index (χ0n) is 9.29. The van der Waals surface area contributed by atoms with Gasteiger partial charge in [0.15, 0.2) is 0 Å². The van der Waals surface area contributed by atoms with Gasteiger partial charge in [0, 0.05) is 0 Å². The Morgan fingerprint density at radius 3 is 2.79 bits per heavy atom. The van der Waals surface area contributed by atoms with Crippen LogP contribution >= 0.6 is 0 Å². The Bertz CT molecular complexity index is 284. The number of allylic oxidation sites excluding steroid dienone is 1. The van der Waals surface area contributed by atoms with Crippen molar-refractivity contribution >= 4 is 6.08 Å². The maximum Gasteiger partial charge on any atom is -0.0257 e. The van der Waals surface area contributed by atoms with Gasteiger partial charge in [-0.15, -0.1) is 0 Å². The fourth-order valence-electron chi connectivity index (χ4n) is 1.46. The van der Waals surface area contributed by atoms with Crippen LogP contribution in [0.5, 0.6) is 0 Å². The highest BCUT2D eigenvalue weighted by atomic mass is 13.9. The second-order valence-electron chi connectivity index (χ2n) is 3.64. The highest BCUT2D eigenvalue weighted by Crippen LogP contribution is 2.08. The largest absolute Gasteiger partial charge is 0.0839 e. The number of unbranched alkanes of at least 4 members (excludes halogenated alkanes) is 2. The third-order valence-electron chi connectivity index (χ3n) is 2.39. The Morgan fingerprint density at radius 1 is 1.21 bits per heavy atom. The molecule has 1 rings (SSSR count). The number of aryl methyl sites for hydroxylation is 1. The predicted molar refractivity (Wildman–Crippen MR) is 64.4 cm³/mol. The highest BCUT2D eigenvalue weighted by Gasteiger charge is 1.89. The fourth-order valence-corrected chi connectivity index (χ4v) is 1.46. The molecule has 0 saturated heterocycles. The fraction of sp³-hybridized carbons (Fsp3) is 0.429. The molecular weight excluding hydrogens is 168 g/mol. The molecule has 1 aromatic rings. The van der Waals surface area contributed by atoms with Crippen LogP contribution in [0.3, 0.4) is 0 Å². The molecule has 0 aliphatic carbocycles. The van der Waals surface area contributed by atoms with Crippen molar-refractivity contribution < 1.29 is 0 Å². The van der Waals surface area contributed by atoms with E-state index in [2.05, 4.69) is 50.3 Å². The molecule has 0 heteroatoms. The van der Waals surface area contributed by atoms with E-state index in [4.69, 9.17) is 0 Å². The van der Waals surface area contributed by atoms with Gasteiger partial charge < -0.3 is 0 Å². The molecule has 0 bridgehead atoms. The summed E-state index contributed by atoms with van der Waals surface area (Å²) < 4.78 is 0. The molecule has 0 nitrogen and oxygen atoms in total. The lowest BCUT2D eigenvalue weighted by Gasteiger charge is -1.98. The summed E-state index contributed by atoms with van der Waals surface area (Å²) in [4.78, 5) is 0. The highest BCUT2D eigenvalue weighted by molar-refractivity contribution is 5.50. The summed E-state index contributed by atoms with van der Waals surface area (Å²) in [5.74, 6) is 0. The van der Waals surface area contributed by atoms with Crippen LogP contribution in [0.4, 0.5) is 0 Å². The van der Waals surface area contributed by atoms with Crippen LogP contribution in [0.25, 0.3) is 6.08 Å². The third kappa shape index (κ3) is 3.78. The predicted octanol–water partition coefficient (Wildman–Crippen LogP) is 4.45. The van der Waals surface area contributed by atoms with E-state index >= 15 is 0 Å². The van der Waals surface area contributed by atoms with Crippen molar-refractivity contribution in [1.29, 1.82) is 0 Å². The quantitative estimate of drug-likeness (QED) is 0.599. The van der Waals surface area contributed by atoms with Crippen molar-refractivity contribution in [3.63, 3.8) is 0 Å². The SMILES string of the molecule is CCCCC=Cc1cccc(CC)c1. The van der Waals surface area contributed by atoms with Gasteiger partial charge >= 0.3 is 0 Å². The van der Waals surface area contributed by atoms with Gasteiger partial charge in [-0.2, -0.15) is 0 Å². The van der Waals surface area contributed by atoms with Gasteiger partial charge in [-0.1, -0.05) is 63.1 Å².